The van der Waals surface area contributed by atoms with Crippen LogP contribution in [0.3, 0.4) is 0 Å². The summed E-state index contributed by atoms with van der Waals surface area (Å²) in [6.07, 6.45) is 3.51. The van der Waals surface area contributed by atoms with E-state index in [1.54, 1.807) is 11.8 Å². The SMILES string of the molecule is O=C(c1ccccc1Sc1ccccc1)N1CCC2CCC(C1)N2. The van der Waals surface area contributed by atoms with Crippen molar-refractivity contribution in [2.45, 2.75) is 41.1 Å². The highest BCUT2D eigenvalue weighted by Gasteiger charge is 2.31. The maximum absolute atomic E-state index is 13.1. The number of hydrogen-bond acceptors (Lipinski definition) is 3. The van der Waals surface area contributed by atoms with Crippen LogP contribution in [-0.2, 0) is 0 Å². The van der Waals surface area contributed by atoms with Crippen molar-refractivity contribution in [1.82, 2.24) is 10.2 Å². The van der Waals surface area contributed by atoms with Gasteiger partial charge >= 0.3 is 0 Å². The van der Waals surface area contributed by atoms with Gasteiger partial charge in [0.15, 0.2) is 0 Å². The van der Waals surface area contributed by atoms with Crippen LogP contribution >= 0.6 is 11.8 Å². The minimum absolute atomic E-state index is 0.170. The van der Waals surface area contributed by atoms with Crippen molar-refractivity contribution in [2.24, 2.45) is 0 Å². The van der Waals surface area contributed by atoms with Gasteiger partial charge in [0.05, 0.1) is 5.56 Å². The fourth-order valence-electron chi connectivity index (χ4n) is 3.65. The van der Waals surface area contributed by atoms with Gasteiger partial charge in [-0.2, -0.15) is 0 Å². The number of carbonyl (C=O) groups excluding carboxylic acids is 1. The van der Waals surface area contributed by atoms with E-state index in [1.165, 1.54) is 12.8 Å². The van der Waals surface area contributed by atoms with E-state index >= 15 is 0 Å². The molecule has 2 fully saturated rings. The molecule has 4 rings (SSSR count). The Hall–Kier alpha value is -1.78. The highest BCUT2D eigenvalue weighted by Crippen LogP contribution is 2.31. The normalized spacial score (nSPS) is 23.1. The average Bonchev–Trinajstić information content (AvgIpc) is 2.95. The van der Waals surface area contributed by atoms with Crippen LogP contribution in [0.5, 0.6) is 0 Å². The first-order valence-corrected chi connectivity index (χ1v) is 9.48. The van der Waals surface area contributed by atoms with Crippen molar-refractivity contribution in [3.63, 3.8) is 0 Å². The third-order valence-electron chi connectivity index (χ3n) is 4.90. The Morgan fingerprint density at radius 3 is 2.58 bits per heavy atom. The van der Waals surface area contributed by atoms with Gasteiger partial charge in [0.2, 0.25) is 0 Å². The number of fused-ring (bicyclic) bond motifs is 2. The Morgan fingerprint density at radius 2 is 1.71 bits per heavy atom. The minimum atomic E-state index is 0.170. The molecule has 0 spiro atoms. The van der Waals surface area contributed by atoms with Crippen molar-refractivity contribution in [1.29, 1.82) is 0 Å². The molecule has 0 saturated carbocycles. The maximum atomic E-state index is 13.1. The Kier molecular flexibility index (Phi) is 4.58. The van der Waals surface area contributed by atoms with E-state index in [9.17, 15) is 4.79 Å². The summed E-state index contributed by atoms with van der Waals surface area (Å²) in [5.41, 5.74) is 0.823. The van der Waals surface area contributed by atoms with Crippen LogP contribution in [0.15, 0.2) is 64.4 Å². The van der Waals surface area contributed by atoms with E-state index in [0.717, 1.165) is 34.9 Å². The number of likely N-dealkylation sites (tertiary alicyclic amines) is 1. The Balaban J connectivity index is 1.56. The second-order valence-corrected chi connectivity index (χ2v) is 7.70. The Bertz CT molecular complexity index is 719. The molecule has 24 heavy (non-hydrogen) atoms. The van der Waals surface area contributed by atoms with E-state index in [1.807, 2.05) is 47.4 Å². The molecule has 2 saturated heterocycles. The monoisotopic (exact) mass is 338 g/mol. The van der Waals surface area contributed by atoms with Gasteiger partial charge in [-0.25, -0.2) is 0 Å². The molecule has 2 aliphatic heterocycles. The van der Waals surface area contributed by atoms with E-state index in [-0.39, 0.29) is 5.91 Å². The first kappa shape index (κ1) is 15.7. The lowest BCUT2D eigenvalue weighted by atomic mass is 10.1. The molecule has 4 heteroatoms. The third kappa shape index (κ3) is 3.35. The van der Waals surface area contributed by atoms with E-state index in [4.69, 9.17) is 0 Å². The van der Waals surface area contributed by atoms with Crippen LogP contribution in [0.2, 0.25) is 0 Å². The third-order valence-corrected chi connectivity index (χ3v) is 5.98. The quantitative estimate of drug-likeness (QED) is 0.924. The summed E-state index contributed by atoms with van der Waals surface area (Å²) in [5.74, 6) is 0.170. The van der Waals surface area contributed by atoms with Gasteiger partial charge in [0, 0.05) is 35.0 Å². The summed E-state index contributed by atoms with van der Waals surface area (Å²) in [6, 6.07) is 19.3. The van der Waals surface area contributed by atoms with Crippen LogP contribution in [0.1, 0.15) is 29.6 Å². The van der Waals surface area contributed by atoms with Crippen molar-refractivity contribution >= 4 is 17.7 Å². The van der Waals surface area contributed by atoms with E-state index in [2.05, 4.69) is 17.4 Å². The number of rotatable bonds is 3. The second kappa shape index (κ2) is 6.99. The molecular formula is C20H22N2OS. The lowest BCUT2D eigenvalue weighted by Gasteiger charge is -2.25. The summed E-state index contributed by atoms with van der Waals surface area (Å²) in [7, 11) is 0. The summed E-state index contributed by atoms with van der Waals surface area (Å²) in [6.45, 7) is 1.69. The standard InChI is InChI=1S/C20H22N2OS/c23-20(22-13-12-15-10-11-16(14-22)21-15)18-8-4-5-9-19(18)24-17-6-2-1-3-7-17/h1-9,15-16,21H,10-14H2. The zero-order valence-corrected chi connectivity index (χ0v) is 14.5. The van der Waals surface area contributed by atoms with Crippen LogP contribution in [0.25, 0.3) is 0 Å². The zero-order valence-electron chi connectivity index (χ0n) is 13.7. The highest BCUT2D eigenvalue weighted by atomic mass is 32.2. The number of hydrogen-bond donors (Lipinski definition) is 1. The summed E-state index contributed by atoms with van der Waals surface area (Å²) >= 11 is 1.66. The number of nitrogens with one attached hydrogen (secondary N) is 1. The molecule has 2 heterocycles. The van der Waals surface area contributed by atoms with Gasteiger partial charge in [-0.05, 0) is 43.5 Å². The fraction of sp³-hybridized carbons (Fsp3) is 0.350. The van der Waals surface area contributed by atoms with E-state index < -0.39 is 0 Å². The lowest BCUT2D eigenvalue weighted by molar-refractivity contribution is 0.0744. The lowest BCUT2D eigenvalue weighted by Crippen LogP contribution is -2.39. The first-order chi connectivity index (χ1) is 11.8. The highest BCUT2D eigenvalue weighted by molar-refractivity contribution is 7.99. The van der Waals surface area contributed by atoms with Crippen molar-refractivity contribution in [2.75, 3.05) is 13.1 Å². The van der Waals surface area contributed by atoms with Crippen molar-refractivity contribution in [3.8, 4) is 0 Å². The molecule has 0 aromatic heterocycles. The van der Waals surface area contributed by atoms with Gasteiger partial charge in [-0.3, -0.25) is 4.79 Å². The van der Waals surface area contributed by atoms with Gasteiger partial charge in [-0.1, -0.05) is 42.1 Å². The molecule has 1 N–H and O–H groups in total. The summed E-state index contributed by atoms with van der Waals surface area (Å²) < 4.78 is 0. The number of amides is 1. The van der Waals surface area contributed by atoms with Gasteiger partial charge in [0.1, 0.15) is 0 Å². The molecule has 3 nitrogen and oxygen atoms in total. The smallest absolute Gasteiger partial charge is 0.255 e. The molecular weight excluding hydrogens is 316 g/mol. The largest absolute Gasteiger partial charge is 0.337 e. The topological polar surface area (TPSA) is 32.3 Å². The number of benzene rings is 2. The van der Waals surface area contributed by atoms with Crippen LogP contribution < -0.4 is 5.32 Å². The molecule has 2 aliphatic rings. The predicted molar refractivity (Wildman–Crippen MR) is 97.5 cm³/mol. The molecule has 2 unspecified atom stereocenters. The molecule has 2 aromatic rings. The van der Waals surface area contributed by atoms with Gasteiger partial charge in [0.25, 0.3) is 5.91 Å². The van der Waals surface area contributed by atoms with Crippen molar-refractivity contribution in [3.05, 3.63) is 60.2 Å². The van der Waals surface area contributed by atoms with Crippen LogP contribution in [0, 0.1) is 0 Å². The Labute approximate surface area is 147 Å². The molecule has 2 aromatic carbocycles. The second-order valence-electron chi connectivity index (χ2n) is 6.59. The van der Waals surface area contributed by atoms with Crippen LogP contribution in [-0.4, -0.2) is 36.0 Å². The van der Waals surface area contributed by atoms with Crippen LogP contribution in [0.4, 0.5) is 0 Å². The predicted octanol–water partition coefficient (Wildman–Crippen LogP) is 3.80. The van der Waals surface area contributed by atoms with Gasteiger partial charge < -0.3 is 10.2 Å². The molecule has 2 atom stereocenters. The summed E-state index contributed by atoms with van der Waals surface area (Å²) in [4.78, 5) is 17.4. The summed E-state index contributed by atoms with van der Waals surface area (Å²) in [5, 5.41) is 3.64. The minimum Gasteiger partial charge on any atom is -0.337 e. The molecule has 1 amide bonds. The average molecular weight is 338 g/mol. The Morgan fingerprint density at radius 1 is 0.958 bits per heavy atom. The molecule has 2 bridgehead atoms. The number of carbonyl (C=O) groups is 1. The van der Waals surface area contributed by atoms with Gasteiger partial charge in [-0.15, -0.1) is 0 Å². The molecule has 124 valence electrons. The first-order valence-electron chi connectivity index (χ1n) is 8.67. The zero-order chi connectivity index (χ0) is 16.4. The molecule has 0 aliphatic carbocycles. The maximum Gasteiger partial charge on any atom is 0.255 e. The fourth-order valence-corrected chi connectivity index (χ4v) is 4.60. The van der Waals surface area contributed by atoms with Crippen molar-refractivity contribution < 1.29 is 4.79 Å². The molecule has 0 radical (unpaired) electrons. The van der Waals surface area contributed by atoms with E-state index in [0.29, 0.717) is 12.1 Å². The number of nitrogens with zero attached hydrogens (tertiary/aromatic N) is 1.